The molecule has 518 valence electrons. The molecule has 1 fully saturated rings. The number of allylic oxidation sites excluding steroid dienone is 11. The van der Waals surface area contributed by atoms with E-state index in [-0.39, 0.29) is 18.5 Å². The highest BCUT2D eigenvalue weighted by Gasteiger charge is 2.44. The molecule has 0 aromatic carbocycles. The van der Waals surface area contributed by atoms with Crippen LogP contribution in [0.3, 0.4) is 0 Å². The maximum absolute atomic E-state index is 13.1. The van der Waals surface area contributed by atoms with Gasteiger partial charge in [0.15, 0.2) is 6.29 Å². The largest absolute Gasteiger partial charge is 0.466 e. The first-order chi connectivity index (χ1) is 43.7. The molecule has 1 amide bonds. The molecular formula is C78H141NO10. The molecule has 0 radical (unpaired) electrons. The Kier molecular flexibility index (Phi) is 62.9. The van der Waals surface area contributed by atoms with Crippen LogP contribution >= 0.6 is 0 Å². The standard InChI is InChI=1S/C78H141NO10/c1-3-5-7-9-11-13-15-17-42-46-50-54-58-62-66-74(83)87-67-63-59-55-51-47-43-40-38-36-34-32-30-28-26-24-22-20-18-19-21-23-25-27-29-31-33-35-37-39-41-45-49-53-57-61-65-73(82)79-70(69-88-78-77(86)76(85)75(84)72(68-80)89-78)71(81)64-60-56-52-48-44-16-14-12-10-8-6-4-2/h9,11,15,17,20,22,26,28,44,48,60,64,70-72,75-78,80-81,84-86H,3-8,10,12-14,16,18-19,21,23-25,27,29-43,45-47,49-59,61-63,65-69H2,1-2H3,(H,79,82)/b11-9-,17-15-,22-20-,28-26-,48-44+,64-60+. The number of aliphatic hydroxyl groups is 5. The van der Waals surface area contributed by atoms with Crippen molar-refractivity contribution < 1.29 is 49.3 Å². The van der Waals surface area contributed by atoms with Crippen LogP contribution < -0.4 is 5.32 Å². The maximum atomic E-state index is 13.1. The number of ether oxygens (including phenoxy) is 3. The fourth-order valence-corrected chi connectivity index (χ4v) is 11.6. The van der Waals surface area contributed by atoms with Crippen molar-refractivity contribution in [1.82, 2.24) is 5.32 Å². The highest BCUT2D eigenvalue weighted by atomic mass is 16.7. The Balaban J connectivity index is 1.93. The molecule has 89 heavy (non-hydrogen) atoms. The fraction of sp³-hybridized carbons (Fsp3) is 0.821. The number of nitrogens with one attached hydrogen (secondary N) is 1. The number of esters is 1. The zero-order valence-electron chi connectivity index (χ0n) is 57.6. The van der Waals surface area contributed by atoms with Gasteiger partial charge >= 0.3 is 5.97 Å². The zero-order valence-corrected chi connectivity index (χ0v) is 57.6. The molecule has 11 nitrogen and oxygen atoms in total. The molecule has 0 spiro atoms. The summed E-state index contributed by atoms with van der Waals surface area (Å²) in [5.41, 5.74) is 0. The third-order valence-electron chi connectivity index (χ3n) is 17.5. The summed E-state index contributed by atoms with van der Waals surface area (Å²) >= 11 is 0. The molecule has 0 bridgehead atoms. The van der Waals surface area contributed by atoms with Gasteiger partial charge in [-0.2, -0.15) is 0 Å². The second-order valence-corrected chi connectivity index (χ2v) is 26.0. The van der Waals surface area contributed by atoms with Crippen LogP contribution in [0.4, 0.5) is 0 Å². The first-order valence-corrected chi connectivity index (χ1v) is 37.7. The lowest BCUT2D eigenvalue weighted by Gasteiger charge is -2.40. The topological polar surface area (TPSA) is 175 Å². The molecule has 1 heterocycles. The average molecular weight is 1250 g/mol. The van der Waals surface area contributed by atoms with Crippen LogP contribution in [0.5, 0.6) is 0 Å². The van der Waals surface area contributed by atoms with Gasteiger partial charge in [0.1, 0.15) is 24.4 Å². The van der Waals surface area contributed by atoms with Gasteiger partial charge in [-0.15, -0.1) is 0 Å². The SMILES string of the molecule is CCCC/C=C\C/C=C\CCCCCCCC(=O)OCCCCCCCCCCCCC/C=C\C/C=C\CCCCCCCCCCCCCCCCCCCC(=O)NC(COC1OC(CO)C(O)C(O)C1O)C(O)/C=C/CC/C=C/CCCCCCCC. The van der Waals surface area contributed by atoms with E-state index in [2.05, 4.69) is 79.9 Å². The maximum Gasteiger partial charge on any atom is 0.305 e. The van der Waals surface area contributed by atoms with Crippen LogP contribution in [0.25, 0.3) is 0 Å². The Hall–Kier alpha value is -2.90. The van der Waals surface area contributed by atoms with Crippen molar-refractivity contribution in [3.05, 3.63) is 72.9 Å². The molecule has 7 unspecified atom stereocenters. The Morgan fingerprint density at radius 2 is 0.775 bits per heavy atom. The summed E-state index contributed by atoms with van der Waals surface area (Å²) in [6, 6.07) is -0.827. The average Bonchev–Trinajstić information content (AvgIpc) is 2.30. The molecule has 11 heteroatoms. The highest BCUT2D eigenvalue weighted by Crippen LogP contribution is 2.23. The van der Waals surface area contributed by atoms with Gasteiger partial charge in [0.25, 0.3) is 0 Å². The van der Waals surface area contributed by atoms with Gasteiger partial charge in [-0.1, -0.05) is 305 Å². The van der Waals surface area contributed by atoms with E-state index in [1.54, 1.807) is 6.08 Å². The number of amides is 1. The van der Waals surface area contributed by atoms with Crippen molar-refractivity contribution in [1.29, 1.82) is 0 Å². The van der Waals surface area contributed by atoms with Gasteiger partial charge in [0, 0.05) is 12.8 Å². The van der Waals surface area contributed by atoms with E-state index in [0.717, 1.165) is 70.6 Å². The molecule has 7 atom stereocenters. The first-order valence-electron chi connectivity index (χ1n) is 37.7. The second kappa shape index (κ2) is 66.6. The minimum atomic E-state index is -1.58. The summed E-state index contributed by atoms with van der Waals surface area (Å²) in [6.45, 7) is 4.29. The molecule has 0 saturated carbocycles. The van der Waals surface area contributed by atoms with Crippen LogP contribution in [-0.2, 0) is 23.8 Å². The van der Waals surface area contributed by atoms with E-state index in [9.17, 15) is 35.1 Å². The summed E-state index contributed by atoms with van der Waals surface area (Å²) in [6.07, 6.45) is 80.6. The van der Waals surface area contributed by atoms with Gasteiger partial charge in [0.2, 0.25) is 5.91 Å². The van der Waals surface area contributed by atoms with Crippen molar-refractivity contribution in [2.24, 2.45) is 0 Å². The predicted octanol–water partition coefficient (Wildman–Crippen LogP) is 19.9. The second-order valence-electron chi connectivity index (χ2n) is 26.0. The van der Waals surface area contributed by atoms with E-state index < -0.39 is 49.5 Å². The summed E-state index contributed by atoms with van der Waals surface area (Å²) in [4.78, 5) is 25.1. The third kappa shape index (κ3) is 55.3. The number of hydrogen-bond donors (Lipinski definition) is 6. The summed E-state index contributed by atoms with van der Waals surface area (Å²) in [5.74, 6) is -0.195. The number of carbonyl (C=O) groups excluding carboxylic acids is 2. The Bertz CT molecular complexity index is 1710. The Morgan fingerprint density at radius 1 is 0.416 bits per heavy atom. The molecule has 6 N–H and O–H groups in total. The van der Waals surface area contributed by atoms with E-state index in [1.807, 2.05) is 6.08 Å². The minimum absolute atomic E-state index is 0.00510. The lowest BCUT2D eigenvalue weighted by molar-refractivity contribution is -0.302. The Morgan fingerprint density at radius 3 is 1.21 bits per heavy atom. The summed E-state index contributed by atoms with van der Waals surface area (Å²) in [5, 5.41) is 54.4. The van der Waals surface area contributed by atoms with Crippen molar-refractivity contribution in [3.8, 4) is 0 Å². The Labute approximate surface area is 547 Å². The van der Waals surface area contributed by atoms with Crippen LogP contribution in [0.2, 0.25) is 0 Å². The number of carbonyl (C=O) groups is 2. The minimum Gasteiger partial charge on any atom is -0.466 e. The van der Waals surface area contributed by atoms with Gasteiger partial charge in [-0.05, 0) is 103 Å². The molecule has 0 aromatic rings. The number of hydrogen-bond acceptors (Lipinski definition) is 10. The number of rotatable bonds is 66. The summed E-state index contributed by atoms with van der Waals surface area (Å²) in [7, 11) is 0. The molecule has 1 aliphatic rings. The predicted molar refractivity (Wildman–Crippen MR) is 375 cm³/mol. The van der Waals surface area contributed by atoms with Gasteiger partial charge in [0.05, 0.1) is 32.0 Å². The monoisotopic (exact) mass is 1250 g/mol. The molecule has 0 aliphatic carbocycles. The van der Waals surface area contributed by atoms with Crippen molar-refractivity contribution in [2.75, 3.05) is 19.8 Å². The first kappa shape index (κ1) is 84.1. The van der Waals surface area contributed by atoms with E-state index in [4.69, 9.17) is 14.2 Å². The molecule has 0 aromatic heterocycles. The molecule has 1 rings (SSSR count). The van der Waals surface area contributed by atoms with Crippen LogP contribution in [0.15, 0.2) is 72.9 Å². The normalized spacial score (nSPS) is 18.1. The van der Waals surface area contributed by atoms with Gasteiger partial charge < -0.3 is 45.1 Å². The fourth-order valence-electron chi connectivity index (χ4n) is 11.6. The van der Waals surface area contributed by atoms with E-state index in [0.29, 0.717) is 19.4 Å². The van der Waals surface area contributed by atoms with Crippen molar-refractivity contribution in [2.45, 2.75) is 391 Å². The smallest absolute Gasteiger partial charge is 0.305 e. The molecule has 1 aliphatic heterocycles. The quantitative estimate of drug-likeness (QED) is 0.0195. The number of aliphatic hydroxyl groups excluding tert-OH is 5. The van der Waals surface area contributed by atoms with Crippen LogP contribution in [0.1, 0.15) is 348 Å². The van der Waals surface area contributed by atoms with E-state index in [1.165, 1.54) is 250 Å². The molecular weight excluding hydrogens is 1110 g/mol. The van der Waals surface area contributed by atoms with Crippen molar-refractivity contribution in [3.63, 3.8) is 0 Å². The van der Waals surface area contributed by atoms with Gasteiger partial charge in [-0.3, -0.25) is 9.59 Å². The zero-order chi connectivity index (χ0) is 64.4. The van der Waals surface area contributed by atoms with Crippen LogP contribution in [-0.4, -0.2) is 100 Å². The van der Waals surface area contributed by atoms with Crippen LogP contribution in [0, 0.1) is 0 Å². The third-order valence-corrected chi connectivity index (χ3v) is 17.5. The van der Waals surface area contributed by atoms with Crippen molar-refractivity contribution >= 4 is 11.9 Å². The lowest BCUT2D eigenvalue weighted by atomic mass is 9.99. The van der Waals surface area contributed by atoms with Gasteiger partial charge in [-0.25, -0.2) is 0 Å². The lowest BCUT2D eigenvalue weighted by Crippen LogP contribution is -2.60. The van der Waals surface area contributed by atoms with E-state index >= 15 is 0 Å². The summed E-state index contributed by atoms with van der Waals surface area (Å²) < 4.78 is 16.7. The number of unbranched alkanes of at least 4 members (excludes halogenated alkanes) is 42. The highest BCUT2D eigenvalue weighted by molar-refractivity contribution is 5.76. The molecule has 1 saturated heterocycles.